The zero-order valence-corrected chi connectivity index (χ0v) is 9.66. The Morgan fingerprint density at radius 2 is 2.31 bits per heavy atom. The fourth-order valence-electron chi connectivity index (χ4n) is 1.77. The molecule has 5 nitrogen and oxygen atoms in total. The van der Waals surface area contributed by atoms with Crippen LogP contribution in [-0.4, -0.2) is 36.1 Å². The summed E-state index contributed by atoms with van der Waals surface area (Å²) in [6, 6.07) is -0.0445. The third-order valence-electron chi connectivity index (χ3n) is 2.91. The Labute approximate surface area is 95.6 Å². The zero-order valence-electron chi connectivity index (χ0n) is 9.66. The molecular weight excluding hydrogens is 208 g/mol. The Morgan fingerprint density at radius 1 is 1.56 bits per heavy atom. The lowest BCUT2D eigenvalue weighted by Gasteiger charge is -2.11. The third kappa shape index (κ3) is 4.18. The summed E-state index contributed by atoms with van der Waals surface area (Å²) in [7, 11) is 0. The van der Waals surface area contributed by atoms with Gasteiger partial charge in [-0.2, -0.15) is 0 Å². The maximum absolute atomic E-state index is 11.5. The van der Waals surface area contributed by atoms with E-state index < -0.39 is 5.97 Å². The van der Waals surface area contributed by atoms with Gasteiger partial charge in [-0.25, -0.2) is 0 Å². The minimum atomic E-state index is -0.774. The number of carboxylic acid groups (broad SMARTS) is 1. The highest BCUT2D eigenvalue weighted by Gasteiger charge is 2.21. The smallest absolute Gasteiger partial charge is 0.306 e. The Kier molecular flexibility index (Phi) is 5.25. The normalized spacial score (nSPS) is 21.7. The van der Waals surface area contributed by atoms with Gasteiger partial charge in [0.25, 0.3) is 0 Å². The average molecular weight is 228 g/mol. The van der Waals surface area contributed by atoms with Crippen LogP contribution < -0.4 is 10.6 Å². The second kappa shape index (κ2) is 6.48. The zero-order chi connectivity index (χ0) is 12.0. The molecule has 0 aromatic carbocycles. The van der Waals surface area contributed by atoms with Crippen molar-refractivity contribution >= 4 is 11.9 Å². The van der Waals surface area contributed by atoms with Gasteiger partial charge in [-0.1, -0.05) is 6.92 Å². The summed E-state index contributed by atoms with van der Waals surface area (Å²) in [6.07, 6.45) is 3.27. The van der Waals surface area contributed by atoms with Gasteiger partial charge in [-0.15, -0.1) is 0 Å². The van der Waals surface area contributed by atoms with Crippen molar-refractivity contribution in [3.05, 3.63) is 0 Å². The summed E-state index contributed by atoms with van der Waals surface area (Å²) in [5.74, 6) is -1.06. The molecule has 0 spiro atoms. The molecule has 1 rings (SSSR count). The van der Waals surface area contributed by atoms with E-state index in [9.17, 15) is 9.59 Å². The Hall–Kier alpha value is -1.10. The van der Waals surface area contributed by atoms with E-state index in [1.807, 2.05) is 0 Å². The van der Waals surface area contributed by atoms with Gasteiger partial charge < -0.3 is 15.7 Å². The van der Waals surface area contributed by atoms with Crippen molar-refractivity contribution in [2.45, 2.75) is 38.6 Å². The van der Waals surface area contributed by atoms with Crippen LogP contribution in [0.4, 0.5) is 0 Å². The van der Waals surface area contributed by atoms with Gasteiger partial charge in [0.15, 0.2) is 0 Å². The lowest BCUT2D eigenvalue weighted by atomic mass is 10.1. The summed E-state index contributed by atoms with van der Waals surface area (Å²) in [4.78, 5) is 22.1. The summed E-state index contributed by atoms with van der Waals surface area (Å²) in [5, 5.41) is 14.6. The van der Waals surface area contributed by atoms with Crippen LogP contribution in [0.15, 0.2) is 0 Å². The Morgan fingerprint density at radius 3 is 2.88 bits per heavy atom. The molecule has 0 saturated carbocycles. The van der Waals surface area contributed by atoms with E-state index in [1.165, 1.54) is 0 Å². The molecule has 1 saturated heterocycles. The summed E-state index contributed by atoms with van der Waals surface area (Å²) in [5.41, 5.74) is 0. The van der Waals surface area contributed by atoms with Crippen molar-refractivity contribution in [3.63, 3.8) is 0 Å². The fourth-order valence-corrected chi connectivity index (χ4v) is 1.77. The number of carbonyl (C=O) groups excluding carboxylic acids is 1. The van der Waals surface area contributed by atoms with Gasteiger partial charge in [0.05, 0.1) is 12.0 Å². The molecule has 0 aromatic rings. The lowest BCUT2D eigenvalue weighted by molar-refractivity contribution is -0.141. The van der Waals surface area contributed by atoms with E-state index in [4.69, 9.17) is 5.11 Å². The molecule has 1 heterocycles. The van der Waals surface area contributed by atoms with Crippen molar-refractivity contribution in [1.29, 1.82) is 0 Å². The van der Waals surface area contributed by atoms with Crippen LogP contribution in [0.2, 0.25) is 0 Å². The van der Waals surface area contributed by atoms with Crippen LogP contribution in [-0.2, 0) is 9.59 Å². The molecule has 2 atom stereocenters. The molecule has 0 aliphatic carbocycles. The number of hydrogen-bond donors (Lipinski definition) is 3. The summed E-state index contributed by atoms with van der Waals surface area (Å²) >= 11 is 0. The Balaban J connectivity index is 2.06. The van der Waals surface area contributed by atoms with Crippen molar-refractivity contribution in [2.24, 2.45) is 5.92 Å². The third-order valence-corrected chi connectivity index (χ3v) is 2.91. The number of aliphatic carboxylic acids is 1. The van der Waals surface area contributed by atoms with Crippen LogP contribution in [0, 0.1) is 5.92 Å². The first-order valence-corrected chi connectivity index (χ1v) is 5.85. The van der Waals surface area contributed by atoms with Crippen molar-refractivity contribution < 1.29 is 14.7 Å². The highest BCUT2D eigenvalue weighted by atomic mass is 16.4. The topological polar surface area (TPSA) is 78.4 Å². The first kappa shape index (κ1) is 13.0. The van der Waals surface area contributed by atoms with Gasteiger partial charge in [0.1, 0.15) is 0 Å². The van der Waals surface area contributed by atoms with E-state index in [1.54, 1.807) is 6.92 Å². The van der Waals surface area contributed by atoms with E-state index in [2.05, 4.69) is 10.6 Å². The molecule has 1 aliphatic heterocycles. The van der Waals surface area contributed by atoms with Crippen LogP contribution in [0.1, 0.15) is 32.6 Å². The Bertz CT molecular complexity index is 250. The molecule has 3 N–H and O–H groups in total. The molecule has 5 heteroatoms. The lowest BCUT2D eigenvalue weighted by Crippen LogP contribution is -2.40. The average Bonchev–Trinajstić information content (AvgIpc) is 2.76. The fraction of sp³-hybridized carbons (Fsp3) is 0.818. The first-order chi connectivity index (χ1) is 7.61. The standard InChI is InChI=1S/C11H20N2O3/c1-8(11(15)16)4-2-7-13-10(14)9-5-3-6-12-9/h8-9,12H,2-7H2,1H3,(H,13,14)(H,15,16)/t8?,9-/m1/s1. The second-order valence-electron chi connectivity index (χ2n) is 4.32. The monoisotopic (exact) mass is 228 g/mol. The van der Waals surface area contributed by atoms with E-state index in [-0.39, 0.29) is 17.9 Å². The maximum Gasteiger partial charge on any atom is 0.306 e. The summed E-state index contributed by atoms with van der Waals surface area (Å²) in [6.45, 7) is 3.16. The molecule has 0 aromatic heterocycles. The van der Waals surface area contributed by atoms with Gasteiger partial charge in [0.2, 0.25) is 5.91 Å². The van der Waals surface area contributed by atoms with Gasteiger partial charge in [0, 0.05) is 6.54 Å². The predicted molar refractivity (Wildman–Crippen MR) is 60.1 cm³/mol. The number of carboxylic acids is 1. The van der Waals surface area contributed by atoms with Crippen LogP contribution in [0.5, 0.6) is 0 Å². The number of carbonyl (C=O) groups is 2. The van der Waals surface area contributed by atoms with Crippen molar-refractivity contribution in [1.82, 2.24) is 10.6 Å². The van der Waals surface area contributed by atoms with Gasteiger partial charge in [-0.3, -0.25) is 9.59 Å². The SMILES string of the molecule is CC(CCCNC(=O)[C@H]1CCCN1)C(=O)O. The molecule has 1 aliphatic rings. The van der Waals surface area contributed by atoms with Crippen LogP contribution >= 0.6 is 0 Å². The minimum Gasteiger partial charge on any atom is -0.481 e. The number of amides is 1. The van der Waals surface area contributed by atoms with Crippen LogP contribution in [0.25, 0.3) is 0 Å². The van der Waals surface area contributed by atoms with Gasteiger partial charge in [-0.05, 0) is 32.2 Å². The van der Waals surface area contributed by atoms with Crippen molar-refractivity contribution in [2.75, 3.05) is 13.1 Å². The second-order valence-corrected chi connectivity index (χ2v) is 4.32. The van der Waals surface area contributed by atoms with E-state index >= 15 is 0 Å². The van der Waals surface area contributed by atoms with Gasteiger partial charge >= 0.3 is 5.97 Å². The molecule has 1 unspecified atom stereocenters. The highest BCUT2D eigenvalue weighted by Crippen LogP contribution is 2.06. The van der Waals surface area contributed by atoms with Crippen molar-refractivity contribution in [3.8, 4) is 0 Å². The minimum absolute atomic E-state index is 0.0421. The number of nitrogens with one attached hydrogen (secondary N) is 2. The van der Waals surface area contributed by atoms with E-state index in [0.717, 1.165) is 19.4 Å². The molecular formula is C11H20N2O3. The predicted octanol–water partition coefficient (Wildman–Crippen LogP) is 0.356. The molecule has 1 amide bonds. The first-order valence-electron chi connectivity index (χ1n) is 5.85. The molecule has 1 fully saturated rings. The van der Waals surface area contributed by atoms with Crippen LogP contribution in [0.3, 0.4) is 0 Å². The van der Waals surface area contributed by atoms with E-state index in [0.29, 0.717) is 19.4 Å². The summed E-state index contributed by atoms with van der Waals surface area (Å²) < 4.78 is 0. The molecule has 0 bridgehead atoms. The molecule has 92 valence electrons. The molecule has 0 radical (unpaired) electrons. The number of hydrogen-bond acceptors (Lipinski definition) is 3. The quantitative estimate of drug-likeness (QED) is 0.573. The maximum atomic E-state index is 11.5. The molecule has 16 heavy (non-hydrogen) atoms. The largest absolute Gasteiger partial charge is 0.481 e. The number of rotatable bonds is 6. The highest BCUT2D eigenvalue weighted by molar-refractivity contribution is 5.81.